The van der Waals surface area contributed by atoms with E-state index in [2.05, 4.69) is 0 Å². The van der Waals surface area contributed by atoms with Crippen LogP contribution in [0.25, 0.3) is 0 Å². The minimum absolute atomic E-state index is 0.0746. The number of aromatic hydroxyl groups is 1. The molecule has 3 N–H and O–H groups in total. The molecule has 1 aromatic carbocycles. The van der Waals surface area contributed by atoms with Crippen molar-refractivity contribution in [3.63, 3.8) is 0 Å². The average Bonchev–Trinajstić information content (AvgIpc) is 2.95. The Balaban J connectivity index is 2.37. The number of phenolic OH excluding ortho intramolecular Hbond substituents is 1. The van der Waals surface area contributed by atoms with Crippen molar-refractivity contribution in [3.8, 4) is 17.6 Å². The number of carbonyl (C=O) groups excluding carboxylic acids is 1. The third kappa shape index (κ3) is 3.75. The highest BCUT2D eigenvalue weighted by Crippen LogP contribution is 2.44. The van der Waals surface area contributed by atoms with E-state index in [0.29, 0.717) is 28.0 Å². The molecule has 0 aliphatic carbocycles. The fraction of sp³-hybridized carbons (Fsp3) is 0.412. The highest BCUT2D eigenvalue weighted by atomic mass is 31.2. The summed E-state index contributed by atoms with van der Waals surface area (Å²) in [6.07, 6.45) is 1.71. The summed E-state index contributed by atoms with van der Waals surface area (Å²) in [6.45, 7) is 3.47. The van der Waals surface area contributed by atoms with Crippen molar-refractivity contribution in [1.29, 1.82) is 5.26 Å². The van der Waals surface area contributed by atoms with Gasteiger partial charge in [0.15, 0.2) is 5.66 Å². The van der Waals surface area contributed by atoms with Crippen LogP contribution < -0.4 is 4.74 Å². The van der Waals surface area contributed by atoms with Gasteiger partial charge in [0.05, 0.1) is 13.2 Å². The molecular weight excluding hydrogens is 361 g/mol. The van der Waals surface area contributed by atoms with Gasteiger partial charge in [0.2, 0.25) is 0 Å². The maximum atomic E-state index is 11.9. The van der Waals surface area contributed by atoms with Crippen molar-refractivity contribution in [2.45, 2.75) is 39.0 Å². The molecule has 1 atom stereocenters. The number of hydrogen-bond acceptors (Lipinski definition) is 6. The molecule has 2 rings (SSSR count). The topological polar surface area (TPSA) is 137 Å². The summed E-state index contributed by atoms with van der Waals surface area (Å²) in [6, 6.07) is 1.61. The summed E-state index contributed by atoms with van der Waals surface area (Å²) in [5, 5.41) is 19.4. The molecule has 1 aromatic rings. The molecule has 8 nitrogen and oxygen atoms in total. The number of hydrogen-bond donors (Lipinski definition) is 3. The molecule has 1 unspecified atom stereocenters. The van der Waals surface area contributed by atoms with Crippen LogP contribution in [0, 0.1) is 18.3 Å². The summed E-state index contributed by atoms with van der Waals surface area (Å²) in [7, 11) is -3.06. The standard InChI is InChI=1S/C17H20NO7P/c1-9(6-11(7-18)26(21,22)23)4-5-12-15(19)14-13(8-25-17(14)20)10(2)16(12)24-3/h4,11,19H,5-6,8H2,1-3H3,(H2,21,22,23)/b9-4+. The number of esters is 1. The zero-order chi connectivity index (χ0) is 19.6. The molecule has 26 heavy (non-hydrogen) atoms. The van der Waals surface area contributed by atoms with Crippen LogP contribution in [-0.4, -0.2) is 33.6 Å². The van der Waals surface area contributed by atoms with Gasteiger partial charge in [-0.05, 0) is 32.3 Å². The smallest absolute Gasteiger partial charge is 0.342 e. The van der Waals surface area contributed by atoms with Crippen LogP contribution in [0.5, 0.6) is 11.5 Å². The Morgan fingerprint density at radius 2 is 2.15 bits per heavy atom. The van der Waals surface area contributed by atoms with Gasteiger partial charge >= 0.3 is 13.6 Å². The predicted molar refractivity (Wildman–Crippen MR) is 92.0 cm³/mol. The fourth-order valence-electron chi connectivity index (χ4n) is 2.93. The van der Waals surface area contributed by atoms with Crippen molar-refractivity contribution in [1.82, 2.24) is 0 Å². The number of benzene rings is 1. The first-order valence-corrected chi connectivity index (χ1v) is 9.48. The number of phenols is 1. The van der Waals surface area contributed by atoms with Crippen molar-refractivity contribution in [2.24, 2.45) is 0 Å². The molecule has 0 saturated heterocycles. The average molecular weight is 381 g/mol. The maximum absolute atomic E-state index is 11.9. The second-order valence-electron chi connectivity index (χ2n) is 6.11. The predicted octanol–water partition coefficient (Wildman–Crippen LogP) is 2.33. The van der Waals surface area contributed by atoms with Crippen molar-refractivity contribution in [3.05, 3.63) is 33.9 Å². The molecule has 0 bridgehead atoms. The Morgan fingerprint density at radius 1 is 1.50 bits per heavy atom. The Bertz CT molecular complexity index is 863. The molecule has 0 radical (unpaired) electrons. The van der Waals surface area contributed by atoms with Gasteiger partial charge in [-0.3, -0.25) is 4.57 Å². The molecule has 0 spiro atoms. The third-order valence-electron chi connectivity index (χ3n) is 4.37. The van der Waals surface area contributed by atoms with Crippen molar-refractivity contribution < 1.29 is 33.7 Å². The number of cyclic esters (lactones) is 1. The largest absolute Gasteiger partial charge is 0.507 e. The van der Waals surface area contributed by atoms with Crippen LogP contribution in [0.1, 0.15) is 40.4 Å². The number of nitrogens with zero attached hydrogens (tertiary/aromatic N) is 1. The first kappa shape index (κ1) is 20.0. The molecule has 0 fully saturated rings. The quantitative estimate of drug-likeness (QED) is 0.388. The van der Waals surface area contributed by atoms with Gasteiger partial charge in [-0.25, -0.2) is 4.79 Å². The number of carbonyl (C=O) groups is 1. The summed E-state index contributed by atoms with van der Waals surface area (Å²) in [4.78, 5) is 30.2. The summed E-state index contributed by atoms with van der Waals surface area (Å²) in [5.74, 6) is -0.396. The third-order valence-corrected chi connectivity index (χ3v) is 5.48. The first-order chi connectivity index (χ1) is 12.1. The Labute approximate surface area is 150 Å². The Hall–Kier alpha value is -2.33. The lowest BCUT2D eigenvalue weighted by molar-refractivity contribution is 0.0533. The second-order valence-corrected chi connectivity index (χ2v) is 7.91. The zero-order valence-corrected chi connectivity index (χ0v) is 15.5. The lowest BCUT2D eigenvalue weighted by Gasteiger charge is -2.16. The molecule has 1 aliphatic rings. The second kappa shape index (κ2) is 7.50. The van der Waals surface area contributed by atoms with Crippen LogP contribution in [0.2, 0.25) is 0 Å². The molecule has 0 amide bonds. The minimum Gasteiger partial charge on any atom is -0.507 e. The van der Waals surface area contributed by atoms with E-state index in [1.165, 1.54) is 7.11 Å². The monoisotopic (exact) mass is 381 g/mol. The van der Waals surface area contributed by atoms with E-state index in [0.717, 1.165) is 0 Å². The molecule has 0 aromatic heterocycles. The van der Waals surface area contributed by atoms with Gasteiger partial charge in [0.25, 0.3) is 0 Å². The Morgan fingerprint density at radius 3 is 2.69 bits per heavy atom. The fourth-order valence-corrected chi connectivity index (χ4v) is 3.61. The number of allylic oxidation sites excluding steroid dienone is 2. The van der Waals surface area contributed by atoms with E-state index in [9.17, 15) is 14.5 Å². The van der Waals surface area contributed by atoms with Gasteiger partial charge in [-0.1, -0.05) is 11.6 Å². The number of nitriles is 1. The van der Waals surface area contributed by atoms with E-state index in [-0.39, 0.29) is 30.8 Å². The Kier molecular flexibility index (Phi) is 5.77. The highest BCUT2D eigenvalue weighted by molar-refractivity contribution is 7.52. The number of rotatable bonds is 6. The molecule has 0 saturated carbocycles. The first-order valence-electron chi connectivity index (χ1n) is 7.80. The normalized spacial score (nSPS) is 15.2. The van der Waals surface area contributed by atoms with Gasteiger partial charge in [0, 0.05) is 11.1 Å². The van der Waals surface area contributed by atoms with Crippen LogP contribution in [0.3, 0.4) is 0 Å². The van der Waals surface area contributed by atoms with E-state index < -0.39 is 19.2 Å². The van der Waals surface area contributed by atoms with Gasteiger partial charge in [-0.2, -0.15) is 5.26 Å². The van der Waals surface area contributed by atoms with Gasteiger partial charge in [-0.15, -0.1) is 0 Å². The van der Waals surface area contributed by atoms with Crippen LogP contribution in [-0.2, 0) is 22.3 Å². The number of ether oxygens (including phenoxy) is 2. The SMILES string of the molecule is COc1c(C)c2c(c(O)c1C/C=C(\C)CC(C#N)P(=O)(O)O)C(=O)OC2. The molecule has 1 aliphatic heterocycles. The van der Waals surface area contributed by atoms with E-state index >= 15 is 0 Å². The van der Waals surface area contributed by atoms with E-state index in [1.54, 1.807) is 26.0 Å². The van der Waals surface area contributed by atoms with Crippen LogP contribution in [0.15, 0.2) is 11.6 Å². The van der Waals surface area contributed by atoms with Crippen molar-refractivity contribution in [2.75, 3.05) is 7.11 Å². The molecule has 1 heterocycles. The summed E-state index contributed by atoms with van der Waals surface area (Å²) in [5.41, 5.74) is 0.923. The molecular formula is C17H20NO7P. The van der Waals surface area contributed by atoms with E-state index in [1.807, 2.05) is 0 Å². The lowest BCUT2D eigenvalue weighted by Crippen LogP contribution is -2.06. The summed E-state index contributed by atoms with van der Waals surface area (Å²) >= 11 is 0. The highest BCUT2D eigenvalue weighted by Gasteiger charge is 2.32. The molecule has 9 heteroatoms. The number of methoxy groups -OCH3 is 1. The number of fused-ring (bicyclic) bond motifs is 1. The van der Waals surface area contributed by atoms with Crippen molar-refractivity contribution >= 4 is 13.6 Å². The van der Waals surface area contributed by atoms with Crippen LogP contribution >= 0.6 is 7.60 Å². The van der Waals surface area contributed by atoms with Crippen LogP contribution in [0.4, 0.5) is 0 Å². The van der Waals surface area contributed by atoms with Gasteiger partial charge < -0.3 is 24.4 Å². The zero-order valence-electron chi connectivity index (χ0n) is 14.6. The molecule has 140 valence electrons. The minimum atomic E-state index is -4.51. The lowest BCUT2D eigenvalue weighted by atomic mass is 9.94. The maximum Gasteiger partial charge on any atom is 0.342 e. The van der Waals surface area contributed by atoms with Gasteiger partial charge in [0.1, 0.15) is 23.7 Å². The van der Waals surface area contributed by atoms with E-state index in [4.69, 9.17) is 24.5 Å². The summed E-state index contributed by atoms with van der Waals surface area (Å²) < 4.78 is 21.6.